The molecule has 1 aliphatic carbocycles. The predicted molar refractivity (Wildman–Crippen MR) is 77.8 cm³/mol. The number of nitrogens with one attached hydrogen (secondary N) is 1. The van der Waals surface area contributed by atoms with Gasteiger partial charge < -0.3 is 15.3 Å². The zero-order valence-electron chi connectivity index (χ0n) is 12.5. The van der Waals surface area contributed by atoms with Crippen molar-refractivity contribution in [2.45, 2.75) is 52.0 Å². The van der Waals surface area contributed by atoms with Crippen molar-refractivity contribution >= 4 is 0 Å². The number of hydrogen-bond acceptors (Lipinski definition) is 3. The van der Waals surface area contributed by atoms with Gasteiger partial charge in [-0.2, -0.15) is 0 Å². The topological polar surface area (TPSA) is 35.5 Å². The van der Waals surface area contributed by atoms with Gasteiger partial charge in [-0.25, -0.2) is 0 Å². The molecule has 0 bridgehead atoms. The Morgan fingerprint density at radius 1 is 1.28 bits per heavy atom. The van der Waals surface area contributed by atoms with Gasteiger partial charge in [0.15, 0.2) is 0 Å². The maximum atomic E-state index is 9.18. The van der Waals surface area contributed by atoms with E-state index in [0.717, 1.165) is 31.5 Å². The fourth-order valence-corrected chi connectivity index (χ4v) is 3.23. The van der Waals surface area contributed by atoms with Crippen LogP contribution >= 0.6 is 0 Å². The van der Waals surface area contributed by atoms with Crippen molar-refractivity contribution in [2.75, 3.05) is 33.3 Å². The molecular weight excluding hydrogens is 224 g/mol. The fourth-order valence-electron chi connectivity index (χ4n) is 3.23. The van der Waals surface area contributed by atoms with E-state index in [9.17, 15) is 5.11 Å². The smallest absolute Gasteiger partial charge is 0.0558 e. The lowest BCUT2D eigenvalue weighted by Gasteiger charge is -2.38. The van der Waals surface area contributed by atoms with E-state index in [2.05, 4.69) is 31.1 Å². The van der Waals surface area contributed by atoms with Gasteiger partial charge in [0.05, 0.1) is 6.61 Å². The summed E-state index contributed by atoms with van der Waals surface area (Å²) in [5.41, 5.74) is 0. The molecule has 1 aliphatic rings. The van der Waals surface area contributed by atoms with Gasteiger partial charge >= 0.3 is 0 Å². The molecule has 0 spiro atoms. The number of aliphatic hydroxyl groups is 1. The zero-order valence-corrected chi connectivity index (χ0v) is 12.5. The Balaban J connectivity index is 2.47. The monoisotopic (exact) mass is 256 g/mol. The van der Waals surface area contributed by atoms with Crippen LogP contribution in [0.1, 0.15) is 46.0 Å². The number of hydrogen-bond donors (Lipinski definition) is 2. The molecule has 3 nitrogen and oxygen atoms in total. The quantitative estimate of drug-likeness (QED) is 0.698. The van der Waals surface area contributed by atoms with Crippen molar-refractivity contribution in [1.29, 1.82) is 0 Å². The lowest BCUT2D eigenvalue weighted by Crippen LogP contribution is -2.45. The molecule has 18 heavy (non-hydrogen) atoms. The van der Waals surface area contributed by atoms with E-state index >= 15 is 0 Å². The molecule has 0 aromatic carbocycles. The first-order valence-corrected chi connectivity index (χ1v) is 7.71. The molecule has 0 aliphatic heterocycles. The maximum Gasteiger partial charge on any atom is 0.0558 e. The Labute approximate surface area is 113 Å². The van der Waals surface area contributed by atoms with Crippen LogP contribution in [0.5, 0.6) is 0 Å². The zero-order chi connectivity index (χ0) is 13.4. The van der Waals surface area contributed by atoms with Gasteiger partial charge in [0.1, 0.15) is 0 Å². The van der Waals surface area contributed by atoms with E-state index in [0.29, 0.717) is 6.04 Å². The second-order valence-electron chi connectivity index (χ2n) is 5.95. The van der Waals surface area contributed by atoms with Crippen LogP contribution in [0.2, 0.25) is 0 Å². The molecular formula is C15H32N2O. The van der Waals surface area contributed by atoms with Crippen molar-refractivity contribution in [3.05, 3.63) is 0 Å². The molecule has 0 amide bonds. The number of rotatable bonds is 8. The normalized spacial score (nSPS) is 28.8. The average Bonchev–Trinajstić information content (AvgIpc) is 2.36. The molecule has 0 aromatic heterocycles. The third-order valence-corrected chi connectivity index (χ3v) is 4.35. The van der Waals surface area contributed by atoms with E-state index in [-0.39, 0.29) is 6.61 Å². The van der Waals surface area contributed by atoms with Gasteiger partial charge in [-0.05, 0) is 51.1 Å². The summed E-state index contributed by atoms with van der Waals surface area (Å²) in [6.45, 7) is 8.02. The number of nitrogens with zero attached hydrogens (tertiary/aromatic N) is 1. The molecule has 1 saturated carbocycles. The summed E-state index contributed by atoms with van der Waals surface area (Å²) in [7, 11) is 2.09. The molecule has 1 fully saturated rings. The van der Waals surface area contributed by atoms with Crippen molar-refractivity contribution in [3.8, 4) is 0 Å². The third-order valence-electron chi connectivity index (χ3n) is 4.35. The summed E-state index contributed by atoms with van der Waals surface area (Å²) < 4.78 is 0. The molecule has 3 heteroatoms. The van der Waals surface area contributed by atoms with Gasteiger partial charge in [0, 0.05) is 19.1 Å². The SMILES string of the molecule is CCCCN(CCO)CC1CC(C)CCC1NC. The molecule has 0 aromatic rings. The molecule has 108 valence electrons. The van der Waals surface area contributed by atoms with Crippen LogP contribution in [-0.4, -0.2) is 49.3 Å². The highest BCUT2D eigenvalue weighted by Crippen LogP contribution is 2.29. The molecule has 1 rings (SSSR count). The summed E-state index contributed by atoms with van der Waals surface area (Å²) in [4.78, 5) is 2.45. The Kier molecular flexibility index (Phi) is 7.87. The molecule has 2 N–H and O–H groups in total. The van der Waals surface area contributed by atoms with Gasteiger partial charge in [-0.3, -0.25) is 0 Å². The van der Waals surface area contributed by atoms with E-state index in [4.69, 9.17) is 0 Å². The summed E-state index contributed by atoms with van der Waals surface area (Å²) >= 11 is 0. The highest BCUT2D eigenvalue weighted by atomic mass is 16.3. The summed E-state index contributed by atoms with van der Waals surface area (Å²) in [6, 6.07) is 0.670. The third kappa shape index (κ3) is 5.25. The van der Waals surface area contributed by atoms with Gasteiger partial charge in [-0.15, -0.1) is 0 Å². The van der Waals surface area contributed by atoms with Gasteiger partial charge in [-0.1, -0.05) is 20.3 Å². The summed E-state index contributed by atoms with van der Waals surface area (Å²) in [5, 5.41) is 12.7. The van der Waals surface area contributed by atoms with Crippen LogP contribution in [0, 0.1) is 11.8 Å². The molecule has 3 unspecified atom stereocenters. The first-order valence-electron chi connectivity index (χ1n) is 7.71. The van der Waals surface area contributed by atoms with Crippen molar-refractivity contribution in [1.82, 2.24) is 10.2 Å². The number of aliphatic hydroxyl groups excluding tert-OH is 1. The van der Waals surface area contributed by atoms with Gasteiger partial charge in [0.25, 0.3) is 0 Å². The Morgan fingerprint density at radius 3 is 2.67 bits per heavy atom. The average molecular weight is 256 g/mol. The standard InChI is InChI=1S/C15H32N2O/c1-4-5-8-17(9-10-18)12-14-11-13(2)6-7-15(14)16-3/h13-16,18H,4-12H2,1-3H3. The largest absolute Gasteiger partial charge is 0.395 e. The molecule has 0 radical (unpaired) electrons. The second kappa shape index (κ2) is 8.89. The van der Waals surface area contributed by atoms with Crippen LogP contribution < -0.4 is 5.32 Å². The summed E-state index contributed by atoms with van der Waals surface area (Å²) in [6.07, 6.45) is 6.48. The minimum atomic E-state index is 0.288. The first kappa shape index (κ1) is 15.9. The van der Waals surface area contributed by atoms with Crippen LogP contribution in [0.15, 0.2) is 0 Å². The van der Waals surface area contributed by atoms with E-state index in [1.165, 1.54) is 32.1 Å². The molecule has 0 saturated heterocycles. The van der Waals surface area contributed by atoms with E-state index in [1.54, 1.807) is 0 Å². The summed E-state index contributed by atoms with van der Waals surface area (Å²) in [5.74, 6) is 1.61. The van der Waals surface area contributed by atoms with Crippen LogP contribution in [0.3, 0.4) is 0 Å². The van der Waals surface area contributed by atoms with Crippen LogP contribution in [-0.2, 0) is 0 Å². The highest BCUT2D eigenvalue weighted by Gasteiger charge is 2.28. The Hall–Kier alpha value is -0.120. The second-order valence-corrected chi connectivity index (χ2v) is 5.95. The minimum Gasteiger partial charge on any atom is -0.395 e. The Morgan fingerprint density at radius 2 is 2.06 bits per heavy atom. The minimum absolute atomic E-state index is 0.288. The van der Waals surface area contributed by atoms with Crippen LogP contribution in [0.25, 0.3) is 0 Å². The lowest BCUT2D eigenvalue weighted by molar-refractivity contribution is 0.127. The van der Waals surface area contributed by atoms with Crippen molar-refractivity contribution < 1.29 is 5.11 Å². The lowest BCUT2D eigenvalue weighted by atomic mass is 9.78. The van der Waals surface area contributed by atoms with E-state index < -0.39 is 0 Å². The van der Waals surface area contributed by atoms with Crippen molar-refractivity contribution in [3.63, 3.8) is 0 Å². The molecule has 3 atom stereocenters. The highest BCUT2D eigenvalue weighted by molar-refractivity contribution is 4.84. The predicted octanol–water partition coefficient (Wildman–Crippen LogP) is 2.10. The van der Waals surface area contributed by atoms with Crippen LogP contribution in [0.4, 0.5) is 0 Å². The maximum absolute atomic E-state index is 9.18. The fraction of sp³-hybridized carbons (Fsp3) is 1.00. The first-order chi connectivity index (χ1) is 8.71. The van der Waals surface area contributed by atoms with Gasteiger partial charge in [0.2, 0.25) is 0 Å². The van der Waals surface area contributed by atoms with E-state index in [1.807, 2.05) is 0 Å². The number of unbranched alkanes of at least 4 members (excludes halogenated alkanes) is 1. The molecule has 0 heterocycles. The van der Waals surface area contributed by atoms with Crippen molar-refractivity contribution in [2.24, 2.45) is 11.8 Å². The Bertz CT molecular complexity index is 211.